The third-order valence-corrected chi connectivity index (χ3v) is 6.79. The van der Waals surface area contributed by atoms with Gasteiger partial charge in [0.15, 0.2) is 5.82 Å². The minimum Gasteiger partial charge on any atom is -0.444 e. The second-order valence-corrected chi connectivity index (χ2v) is 10.9. The van der Waals surface area contributed by atoms with Gasteiger partial charge in [-0.2, -0.15) is 5.10 Å². The largest absolute Gasteiger partial charge is 0.444 e. The van der Waals surface area contributed by atoms with E-state index in [1.54, 1.807) is 22.5 Å². The van der Waals surface area contributed by atoms with Gasteiger partial charge < -0.3 is 9.84 Å². The third-order valence-electron chi connectivity index (χ3n) is 5.38. The molecule has 0 saturated heterocycles. The molecule has 0 radical (unpaired) electrons. The highest BCUT2D eigenvalue weighted by atomic mass is 32.1. The zero-order valence-corrected chi connectivity index (χ0v) is 20.4. The van der Waals surface area contributed by atoms with Crippen LogP contribution in [0.4, 0.5) is 10.6 Å². The molecule has 3 heterocycles. The van der Waals surface area contributed by atoms with E-state index in [4.69, 9.17) is 4.74 Å². The van der Waals surface area contributed by atoms with Gasteiger partial charge in [-0.1, -0.05) is 26.0 Å². The van der Waals surface area contributed by atoms with Crippen molar-refractivity contribution in [2.75, 3.05) is 12.0 Å². The molecule has 8 nitrogen and oxygen atoms in total. The number of ether oxygens (including phenoxy) is 1. The second-order valence-electron chi connectivity index (χ2n) is 9.83. The van der Waals surface area contributed by atoms with Crippen molar-refractivity contribution >= 4 is 39.7 Å². The second kappa shape index (κ2) is 8.72. The number of nitrogens with zero attached hydrogens (tertiary/aromatic N) is 4. The lowest BCUT2D eigenvalue weighted by Crippen LogP contribution is -2.33. The normalized spacial score (nSPS) is 14.2. The Hall–Kier alpha value is -3.04. The van der Waals surface area contributed by atoms with Crippen LogP contribution in [0.2, 0.25) is 0 Å². The third kappa shape index (κ3) is 5.15. The van der Waals surface area contributed by atoms with Crippen LogP contribution in [-0.4, -0.2) is 44.5 Å². The number of aliphatic hydroxyl groups excluding tert-OH is 1. The van der Waals surface area contributed by atoms with Gasteiger partial charge in [0.05, 0.1) is 18.2 Å². The number of fused-ring (bicyclic) bond motifs is 2. The van der Waals surface area contributed by atoms with E-state index < -0.39 is 5.60 Å². The summed E-state index contributed by atoms with van der Waals surface area (Å²) in [6, 6.07) is 8.04. The number of aromatic nitrogens is 2. The average molecular weight is 468 g/mol. The van der Waals surface area contributed by atoms with Crippen molar-refractivity contribution in [2.45, 2.75) is 58.7 Å². The van der Waals surface area contributed by atoms with E-state index in [0.29, 0.717) is 18.9 Å². The summed E-state index contributed by atoms with van der Waals surface area (Å²) in [5.74, 6) is 0.616. The van der Waals surface area contributed by atoms with Crippen molar-refractivity contribution in [1.29, 1.82) is 0 Å². The van der Waals surface area contributed by atoms with Crippen molar-refractivity contribution in [2.24, 2.45) is 5.10 Å². The van der Waals surface area contributed by atoms with E-state index in [1.165, 1.54) is 6.33 Å². The lowest BCUT2D eigenvalue weighted by Gasteiger charge is -2.24. The van der Waals surface area contributed by atoms with Crippen LogP contribution in [0.3, 0.4) is 0 Å². The molecule has 0 unspecified atom stereocenters. The van der Waals surface area contributed by atoms with Crippen molar-refractivity contribution in [3.05, 3.63) is 52.2 Å². The quantitative estimate of drug-likeness (QED) is 0.418. The number of thiophene rings is 1. The number of rotatable bonds is 5. The summed E-state index contributed by atoms with van der Waals surface area (Å²) in [5, 5.41) is 14.9. The van der Waals surface area contributed by atoms with Gasteiger partial charge in [-0.25, -0.2) is 14.8 Å². The van der Waals surface area contributed by atoms with Gasteiger partial charge in [-0.05, 0) is 49.6 Å². The molecule has 4 rings (SSSR count). The molecule has 0 aliphatic carbocycles. The molecule has 1 aliphatic heterocycles. The van der Waals surface area contributed by atoms with Crippen LogP contribution < -0.4 is 5.43 Å². The lowest BCUT2D eigenvalue weighted by atomic mass is 9.93. The van der Waals surface area contributed by atoms with Crippen LogP contribution in [0.5, 0.6) is 0 Å². The van der Waals surface area contributed by atoms with Crippen LogP contribution in [0, 0.1) is 0 Å². The van der Waals surface area contributed by atoms with Crippen molar-refractivity contribution in [3.8, 4) is 0 Å². The molecular weight excluding hydrogens is 438 g/mol. The first-order valence-corrected chi connectivity index (χ1v) is 11.6. The Bertz CT molecular complexity index is 1210. The molecular formula is C24H29N5O3S. The van der Waals surface area contributed by atoms with Gasteiger partial charge in [-0.3, -0.25) is 10.3 Å². The van der Waals surface area contributed by atoms with E-state index in [1.807, 2.05) is 58.9 Å². The molecule has 0 bridgehead atoms. The Balaban J connectivity index is 1.46. The first-order valence-electron chi connectivity index (χ1n) is 10.8. The SMILES string of the molecule is CC(C)(C)OC(=O)N1Cc2ccc(C=NNc3ncnc4sc(C(C)(C)CO)cc34)cc2C1. The predicted molar refractivity (Wildman–Crippen MR) is 131 cm³/mol. The smallest absolute Gasteiger partial charge is 0.410 e. The summed E-state index contributed by atoms with van der Waals surface area (Å²) in [7, 11) is 0. The Morgan fingerprint density at radius 1 is 1.21 bits per heavy atom. The van der Waals surface area contributed by atoms with Gasteiger partial charge in [-0.15, -0.1) is 11.3 Å². The van der Waals surface area contributed by atoms with Crippen LogP contribution >= 0.6 is 11.3 Å². The number of hydrogen-bond acceptors (Lipinski definition) is 8. The molecule has 0 atom stereocenters. The molecule has 3 aromatic rings. The molecule has 1 aliphatic rings. The molecule has 1 amide bonds. The van der Waals surface area contributed by atoms with Crippen molar-refractivity contribution in [3.63, 3.8) is 0 Å². The molecule has 2 aromatic heterocycles. The first-order chi connectivity index (χ1) is 15.6. The van der Waals surface area contributed by atoms with E-state index >= 15 is 0 Å². The maximum atomic E-state index is 12.4. The predicted octanol–water partition coefficient (Wildman–Crippen LogP) is 4.66. The summed E-state index contributed by atoms with van der Waals surface area (Å²) < 4.78 is 5.49. The number of hydrogen-bond donors (Lipinski definition) is 2. The first kappa shape index (κ1) is 23.1. The number of hydrazone groups is 1. The Labute approximate surface area is 197 Å². The van der Waals surface area contributed by atoms with E-state index in [-0.39, 0.29) is 18.1 Å². The molecule has 0 saturated carbocycles. The number of aliphatic hydroxyl groups is 1. The highest BCUT2D eigenvalue weighted by molar-refractivity contribution is 7.18. The molecule has 9 heteroatoms. The number of nitrogens with one attached hydrogen (secondary N) is 1. The maximum Gasteiger partial charge on any atom is 0.410 e. The Morgan fingerprint density at radius 3 is 2.70 bits per heavy atom. The van der Waals surface area contributed by atoms with E-state index in [9.17, 15) is 9.90 Å². The van der Waals surface area contributed by atoms with Crippen LogP contribution in [-0.2, 0) is 23.2 Å². The van der Waals surface area contributed by atoms with Gasteiger partial charge in [0, 0.05) is 23.4 Å². The Kier molecular flexibility index (Phi) is 6.11. The molecule has 33 heavy (non-hydrogen) atoms. The minimum atomic E-state index is -0.515. The summed E-state index contributed by atoms with van der Waals surface area (Å²) >= 11 is 1.55. The van der Waals surface area contributed by atoms with Crippen molar-refractivity contribution in [1.82, 2.24) is 14.9 Å². The molecule has 2 N–H and O–H groups in total. The number of carbonyl (C=O) groups excluding carboxylic acids is 1. The van der Waals surface area contributed by atoms with Gasteiger partial charge >= 0.3 is 6.09 Å². The zero-order chi connectivity index (χ0) is 23.8. The monoisotopic (exact) mass is 467 g/mol. The number of anilines is 1. The molecule has 174 valence electrons. The summed E-state index contributed by atoms with van der Waals surface area (Å²) in [6.07, 6.45) is 2.94. The van der Waals surface area contributed by atoms with Crippen molar-refractivity contribution < 1.29 is 14.6 Å². The standard InChI is InChI=1S/C24H29N5O3S/c1-23(2,3)32-22(31)29-11-16-7-6-15(8-17(16)12-29)10-27-28-20-18-9-19(24(4,5)13-30)33-21(18)26-14-25-20/h6-10,14,30H,11-13H2,1-5H3,(H,25,26,28). The molecule has 0 spiro atoms. The fourth-order valence-electron chi connectivity index (χ4n) is 3.47. The highest BCUT2D eigenvalue weighted by Crippen LogP contribution is 2.35. The van der Waals surface area contributed by atoms with Gasteiger partial charge in [0.1, 0.15) is 16.8 Å². The van der Waals surface area contributed by atoms with Crippen LogP contribution in [0.25, 0.3) is 10.2 Å². The van der Waals surface area contributed by atoms with Gasteiger partial charge in [0.25, 0.3) is 0 Å². The summed E-state index contributed by atoms with van der Waals surface area (Å²) in [4.78, 5) is 24.6. The molecule has 0 fully saturated rings. The Morgan fingerprint density at radius 2 is 1.97 bits per heavy atom. The zero-order valence-electron chi connectivity index (χ0n) is 19.5. The number of benzene rings is 1. The van der Waals surface area contributed by atoms with Gasteiger partial charge in [0.2, 0.25) is 0 Å². The van der Waals surface area contributed by atoms with Crippen LogP contribution in [0.15, 0.2) is 35.7 Å². The van der Waals surface area contributed by atoms with E-state index in [0.717, 1.165) is 31.8 Å². The summed E-state index contributed by atoms with van der Waals surface area (Å²) in [6.45, 7) is 10.7. The highest BCUT2D eigenvalue weighted by Gasteiger charge is 2.28. The lowest BCUT2D eigenvalue weighted by molar-refractivity contribution is 0.0242. The average Bonchev–Trinajstić information content (AvgIpc) is 3.37. The minimum absolute atomic E-state index is 0.0534. The number of amides is 1. The fraction of sp³-hybridized carbons (Fsp3) is 0.417. The maximum absolute atomic E-state index is 12.4. The van der Waals surface area contributed by atoms with Crippen LogP contribution in [0.1, 0.15) is 56.2 Å². The topological polar surface area (TPSA) is 99.9 Å². The summed E-state index contributed by atoms with van der Waals surface area (Å²) in [5.41, 5.74) is 5.28. The molecule has 1 aromatic carbocycles. The fourth-order valence-corrected chi connectivity index (χ4v) is 4.57. The number of carbonyl (C=O) groups is 1. The van der Waals surface area contributed by atoms with E-state index in [2.05, 4.69) is 20.5 Å².